The fraction of sp³-hybridized carbons (Fsp3) is 0.125. The number of para-hydroxylation sites is 1. The molecule has 0 aromatic heterocycles. The summed E-state index contributed by atoms with van der Waals surface area (Å²) in [5, 5.41) is 0.510. The molecule has 0 fully saturated rings. The average Bonchev–Trinajstić information content (AvgIpc) is 2.74. The van der Waals surface area contributed by atoms with Gasteiger partial charge >= 0.3 is 0 Å². The molecule has 0 saturated carbocycles. The first kappa shape index (κ1) is 15.1. The van der Waals surface area contributed by atoms with Crippen molar-refractivity contribution >= 4 is 44.9 Å². The van der Waals surface area contributed by atoms with Gasteiger partial charge in [-0.1, -0.05) is 39.7 Å². The van der Waals surface area contributed by atoms with E-state index in [-0.39, 0.29) is 13.2 Å². The molecular weight excluding hydrogens is 370 g/mol. The summed E-state index contributed by atoms with van der Waals surface area (Å²) in [6, 6.07) is 12.3. The van der Waals surface area contributed by atoms with Crippen LogP contribution in [-0.2, 0) is 4.79 Å². The Bertz CT molecular complexity index is 763. The van der Waals surface area contributed by atoms with Gasteiger partial charge in [-0.25, -0.2) is 0 Å². The molecule has 0 bridgehead atoms. The summed E-state index contributed by atoms with van der Waals surface area (Å²) in [6.07, 6.45) is 0. The smallest absolute Gasteiger partial charge is 0.299 e. The van der Waals surface area contributed by atoms with Crippen LogP contribution >= 0.6 is 27.5 Å². The fourth-order valence-corrected chi connectivity index (χ4v) is 2.85. The number of carbonyl (C=O) groups excluding carboxylic acids is 2. The summed E-state index contributed by atoms with van der Waals surface area (Å²) in [6.45, 7) is 0.530. The Kier molecular flexibility index (Phi) is 4.18. The number of fused-ring (bicyclic) bond motifs is 1. The van der Waals surface area contributed by atoms with Crippen molar-refractivity contribution in [3.8, 4) is 5.75 Å². The van der Waals surface area contributed by atoms with E-state index in [1.807, 2.05) is 12.1 Å². The lowest BCUT2D eigenvalue weighted by molar-refractivity contribution is -0.114. The van der Waals surface area contributed by atoms with Crippen molar-refractivity contribution in [2.45, 2.75) is 0 Å². The first-order valence-corrected chi connectivity index (χ1v) is 7.78. The summed E-state index contributed by atoms with van der Waals surface area (Å²) >= 11 is 9.31. The van der Waals surface area contributed by atoms with Gasteiger partial charge in [0.25, 0.3) is 11.7 Å². The predicted octanol–water partition coefficient (Wildman–Crippen LogP) is 3.71. The molecule has 0 saturated heterocycles. The molecule has 0 atom stereocenters. The minimum atomic E-state index is -0.532. The Morgan fingerprint density at radius 3 is 2.68 bits per heavy atom. The summed E-state index contributed by atoms with van der Waals surface area (Å²) in [5.41, 5.74) is 1.03. The van der Waals surface area contributed by atoms with Crippen LogP contribution < -0.4 is 9.64 Å². The molecule has 0 unspecified atom stereocenters. The summed E-state index contributed by atoms with van der Waals surface area (Å²) in [4.78, 5) is 25.5. The first-order valence-electron chi connectivity index (χ1n) is 6.61. The highest BCUT2D eigenvalue weighted by Gasteiger charge is 2.35. The zero-order valence-corrected chi connectivity index (χ0v) is 13.7. The number of Topliss-reactive ketones (excluding diaryl/α,β-unsaturated/α-hetero) is 1. The topological polar surface area (TPSA) is 46.6 Å². The maximum Gasteiger partial charge on any atom is 0.299 e. The molecule has 1 amide bonds. The predicted molar refractivity (Wildman–Crippen MR) is 87.8 cm³/mol. The van der Waals surface area contributed by atoms with E-state index in [0.29, 0.717) is 22.0 Å². The zero-order valence-electron chi connectivity index (χ0n) is 11.4. The number of ether oxygens (including phenoxy) is 1. The number of benzene rings is 2. The lowest BCUT2D eigenvalue weighted by Crippen LogP contribution is -2.33. The van der Waals surface area contributed by atoms with Gasteiger partial charge < -0.3 is 9.64 Å². The number of hydrogen-bond acceptors (Lipinski definition) is 3. The summed E-state index contributed by atoms with van der Waals surface area (Å²) < 4.78 is 6.34. The highest BCUT2D eigenvalue weighted by molar-refractivity contribution is 9.10. The Hall–Kier alpha value is -1.85. The standard InChI is InChI=1S/C16H11BrClNO3/c17-10-5-6-13-11(9-10)15(20)16(21)19(13)7-8-22-14-4-2-1-3-12(14)18/h1-6,9H,7-8H2. The van der Waals surface area contributed by atoms with Crippen LogP contribution in [0.2, 0.25) is 5.02 Å². The highest BCUT2D eigenvalue weighted by Crippen LogP contribution is 2.31. The SMILES string of the molecule is O=C1C(=O)N(CCOc2ccccc2Cl)c2ccc(Br)cc21. The minimum absolute atomic E-state index is 0.248. The van der Waals surface area contributed by atoms with E-state index < -0.39 is 11.7 Å². The van der Waals surface area contributed by atoms with E-state index in [2.05, 4.69) is 15.9 Å². The van der Waals surface area contributed by atoms with E-state index in [4.69, 9.17) is 16.3 Å². The third kappa shape index (κ3) is 2.74. The zero-order chi connectivity index (χ0) is 15.7. The van der Waals surface area contributed by atoms with E-state index in [9.17, 15) is 9.59 Å². The average molecular weight is 381 g/mol. The molecule has 112 valence electrons. The van der Waals surface area contributed by atoms with Crippen LogP contribution in [0, 0.1) is 0 Å². The van der Waals surface area contributed by atoms with Crippen LogP contribution in [0.1, 0.15) is 10.4 Å². The van der Waals surface area contributed by atoms with Crippen LogP contribution in [0.15, 0.2) is 46.9 Å². The van der Waals surface area contributed by atoms with Gasteiger partial charge in [-0.05, 0) is 30.3 Å². The maximum atomic E-state index is 12.1. The fourth-order valence-electron chi connectivity index (χ4n) is 2.30. The Morgan fingerprint density at radius 1 is 1.14 bits per heavy atom. The summed E-state index contributed by atoms with van der Waals surface area (Å²) in [5.74, 6) is -0.469. The van der Waals surface area contributed by atoms with E-state index in [1.54, 1.807) is 30.3 Å². The Balaban J connectivity index is 1.73. The molecule has 0 aliphatic carbocycles. The van der Waals surface area contributed by atoms with Crippen LogP contribution in [0.3, 0.4) is 0 Å². The molecule has 2 aromatic rings. The number of rotatable bonds is 4. The monoisotopic (exact) mass is 379 g/mol. The van der Waals surface area contributed by atoms with Crippen molar-refractivity contribution in [2.75, 3.05) is 18.1 Å². The third-order valence-corrected chi connectivity index (χ3v) is 4.15. The minimum Gasteiger partial charge on any atom is -0.490 e. The molecule has 6 heteroatoms. The Labute approximate surface area is 140 Å². The normalized spacial score (nSPS) is 13.5. The number of anilines is 1. The van der Waals surface area contributed by atoms with E-state index in [0.717, 1.165) is 4.47 Å². The van der Waals surface area contributed by atoms with Gasteiger partial charge in [0.15, 0.2) is 0 Å². The van der Waals surface area contributed by atoms with Gasteiger partial charge in [0.1, 0.15) is 12.4 Å². The molecular formula is C16H11BrClNO3. The number of halogens is 2. The molecule has 0 radical (unpaired) electrons. The molecule has 0 spiro atoms. The van der Waals surface area contributed by atoms with E-state index in [1.165, 1.54) is 4.90 Å². The number of ketones is 1. The Morgan fingerprint density at radius 2 is 1.91 bits per heavy atom. The second-order valence-electron chi connectivity index (χ2n) is 4.73. The van der Waals surface area contributed by atoms with Crippen molar-refractivity contribution in [3.05, 3.63) is 57.5 Å². The van der Waals surface area contributed by atoms with Gasteiger partial charge in [0, 0.05) is 4.47 Å². The lowest BCUT2D eigenvalue weighted by atomic mass is 10.1. The van der Waals surface area contributed by atoms with Gasteiger partial charge in [0.2, 0.25) is 0 Å². The van der Waals surface area contributed by atoms with Gasteiger partial charge in [-0.3, -0.25) is 9.59 Å². The number of nitrogens with zero attached hydrogens (tertiary/aromatic N) is 1. The lowest BCUT2D eigenvalue weighted by Gasteiger charge is -2.17. The molecule has 1 heterocycles. The second-order valence-corrected chi connectivity index (χ2v) is 6.05. The summed E-state index contributed by atoms with van der Waals surface area (Å²) in [7, 11) is 0. The third-order valence-electron chi connectivity index (χ3n) is 3.34. The van der Waals surface area contributed by atoms with Crippen molar-refractivity contribution in [2.24, 2.45) is 0 Å². The van der Waals surface area contributed by atoms with Crippen molar-refractivity contribution < 1.29 is 14.3 Å². The largest absolute Gasteiger partial charge is 0.490 e. The van der Waals surface area contributed by atoms with Crippen molar-refractivity contribution in [1.29, 1.82) is 0 Å². The van der Waals surface area contributed by atoms with Crippen molar-refractivity contribution in [3.63, 3.8) is 0 Å². The quantitative estimate of drug-likeness (QED) is 0.760. The van der Waals surface area contributed by atoms with Crippen LogP contribution in [0.4, 0.5) is 5.69 Å². The van der Waals surface area contributed by atoms with Gasteiger partial charge in [-0.2, -0.15) is 0 Å². The van der Waals surface area contributed by atoms with Crippen LogP contribution in [0.5, 0.6) is 5.75 Å². The van der Waals surface area contributed by atoms with Crippen molar-refractivity contribution in [1.82, 2.24) is 0 Å². The van der Waals surface area contributed by atoms with Gasteiger partial charge in [-0.15, -0.1) is 0 Å². The first-order chi connectivity index (χ1) is 10.6. The van der Waals surface area contributed by atoms with Gasteiger partial charge in [0.05, 0.1) is 22.8 Å². The van der Waals surface area contributed by atoms with Crippen LogP contribution in [0.25, 0.3) is 0 Å². The number of amides is 1. The van der Waals surface area contributed by atoms with E-state index >= 15 is 0 Å². The van der Waals surface area contributed by atoms with Crippen LogP contribution in [-0.4, -0.2) is 24.8 Å². The maximum absolute atomic E-state index is 12.1. The molecule has 3 rings (SSSR count). The molecule has 4 nitrogen and oxygen atoms in total. The molecule has 22 heavy (non-hydrogen) atoms. The second kappa shape index (κ2) is 6.10. The molecule has 0 N–H and O–H groups in total. The molecule has 1 aliphatic rings. The number of carbonyl (C=O) groups is 2. The molecule has 2 aromatic carbocycles. The highest BCUT2D eigenvalue weighted by atomic mass is 79.9. The number of hydrogen-bond donors (Lipinski definition) is 0. The molecule has 1 aliphatic heterocycles.